The molecule has 13 heteroatoms. The molecule has 1 aliphatic heterocycles. The van der Waals surface area contributed by atoms with Crippen LogP contribution in [-0.4, -0.2) is 48.3 Å². The molecule has 0 bridgehead atoms. The molecule has 0 spiro atoms. The van der Waals surface area contributed by atoms with Crippen molar-refractivity contribution in [2.45, 2.75) is 24.9 Å². The summed E-state index contributed by atoms with van der Waals surface area (Å²) in [6, 6.07) is 0. The molecule has 1 saturated heterocycles. The van der Waals surface area contributed by atoms with Gasteiger partial charge < -0.3 is 30.0 Å². The number of fused-ring (bicyclic) bond motifs is 1. The molecule has 126 valence electrons. The van der Waals surface area contributed by atoms with Crippen molar-refractivity contribution in [3.63, 3.8) is 0 Å². The fraction of sp³-hybridized carbons (Fsp3) is 0.500. The first kappa shape index (κ1) is 17.6. The number of hydrogen-bond donors (Lipinski definition) is 4. The first-order valence-corrected chi connectivity index (χ1v) is 12.3. The molecule has 4 atom stereocenters. The van der Waals surface area contributed by atoms with E-state index in [2.05, 4.69) is 15.0 Å². The van der Waals surface area contributed by atoms with E-state index in [1.165, 1.54) is 6.33 Å². The summed E-state index contributed by atoms with van der Waals surface area (Å²) in [4.78, 5) is 20.6. The largest absolute Gasteiger partial charge is 0.390 e. The number of anilines is 1. The maximum absolute atomic E-state index is 10.1. The molecule has 3 heterocycles. The molecule has 5 N–H and O–H groups in total. The van der Waals surface area contributed by atoms with Gasteiger partial charge in [0.25, 0.3) is 0 Å². The van der Waals surface area contributed by atoms with E-state index in [0.29, 0.717) is 22.2 Å². The maximum atomic E-state index is 10.1. The minimum atomic E-state index is -2.83. The number of imidazole rings is 1. The molecule has 0 aromatic carbocycles. The van der Waals surface area contributed by atoms with E-state index in [0.717, 1.165) is 0 Å². The van der Waals surface area contributed by atoms with Crippen LogP contribution in [0.5, 0.6) is 0 Å². The van der Waals surface area contributed by atoms with Gasteiger partial charge >= 0.3 is 0 Å². The molecule has 0 saturated carbocycles. The first-order chi connectivity index (χ1) is 10.7. The molecule has 3 rings (SSSR count). The highest BCUT2D eigenvalue weighted by Crippen LogP contribution is 2.52. The molecule has 0 aliphatic carbocycles. The predicted octanol–water partition coefficient (Wildman–Crippen LogP) is 1.39. The molecule has 1 fully saturated rings. The highest BCUT2D eigenvalue weighted by molar-refractivity contribution is 14.2. The summed E-state index contributed by atoms with van der Waals surface area (Å²) in [6.45, 7) is 0.0106. The topological polar surface area (TPSA) is 131 Å². The summed E-state index contributed by atoms with van der Waals surface area (Å²) < 4.78 is 10.2. The third-order valence-corrected chi connectivity index (χ3v) is 5.28. The summed E-state index contributed by atoms with van der Waals surface area (Å²) in [6.07, 6.45) is 0.0132. The Morgan fingerprint density at radius 1 is 1.65 bits per heavy atom. The van der Waals surface area contributed by atoms with Crippen LogP contribution < -0.4 is 5.73 Å². The second-order valence-corrected chi connectivity index (χ2v) is 13.9. The number of aromatic nitrogens is 4. The lowest BCUT2D eigenvalue weighted by Gasteiger charge is -2.17. The van der Waals surface area contributed by atoms with Crippen LogP contribution in [0, 0.1) is 4.64 Å². The Morgan fingerprint density at radius 2 is 2.39 bits per heavy atom. The second-order valence-electron chi connectivity index (χ2n) is 4.95. The monoisotopic (exact) mass is 489 g/mol. The highest BCUT2D eigenvalue weighted by Gasteiger charge is 2.36. The van der Waals surface area contributed by atoms with Crippen molar-refractivity contribution in [1.29, 1.82) is 0 Å². The molecule has 23 heavy (non-hydrogen) atoms. The zero-order valence-corrected chi connectivity index (χ0v) is 16.2. The van der Waals surface area contributed by atoms with Gasteiger partial charge in [-0.25, -0.2) is 4.98 Å². The molecule has 2 aromatic rings. The van der Waals surface area contributed by atoms with Gasteiger partial charge in [-0.3, -0.25) is 4.57 Å². The van der Waals surface area contributed by atoms with Gasteiger partial charge in [0.05, 0.1) is 19.0 Å². The Balaban J connectivity index is 1.84. The predicted molar refractivity (Wildman–Crippen MR) is 98.1 cm³/mol. The number of nitrogens with zero attached hydrogens (tertiary/aromatic N) is 3. The standard InChI is InChI=1S/C10H13IN5O4PS2/c11-21(18,23)19-2-5-4(17)1-6(20-5)16-3-13-7-8(16)14-10(12)15-9(7)22/h3-6,17H,1-2H2,(H,18,23)(H3,12,14,15,22)/t4-,5-,6-,21?/m1/s1. The molecule has 1 aliphatic rings. The Morgan fingerprint density at radius 3 is 3.09 bits per heavy atom. The van der Waals surface area contributed by atoms with Gasteiger partial charge in [-0.1, -0.05) is 12.2 Å². The van der Waals surface area contributed by atoms with Crippen LogP contribution in [0.25, 0.3) is 11.2 Å². The van der Waals surface area contributed by atoms with E-state index in [9.17, 15) is 10.00 Å². The molecule has 1 unspecified atom stereocenters. The Kier molecular flexibility index (Phi) is 5.05. The number of nitrogen functional groups attached to an aromatic ring is 1. The van der Waals surface area contributed by atoms with Gasteiger partial charge in [0.1, 0.15) is 22.5 Å². The molecule has 0 amide bonds. The summed E-state index contributed by atoms with van der Waals surface area (Å²) >= 11 is 11.6. The number of aromatic amines is 1. The van der Waals surface area contributed by atoms with Crippen molar-refractivity contribution in [3.8, 4) is 0 Å². The lowest BCUT2D eigenvalue weighted by Crippen LogP contribution is -2.25. The van der Waals surface area contributed by atoms with Crippen molar-refractivity contribution in [2.75, 3.05) is 12.3 Å². The van der Waals surface area contributed by atoms with Crippen molar-refractivity contribution >= 4 is 67.3 Å². The molecular formula is C10H13IN5O4PS2. The van der Waals surface area contributed by atoms with Gasteiger partial charge in [-0.05, 0) is 11.8 Å². The molecule has 2 aromatic heterocycles. The van der Waals surface area contributed by atoms with Gasteiger partial charge in [0, 0.05) is 28.5 Å². The zero-order chi connectivity index (χ0) is 16.8. The normalized spacial score (nSPS) is 27.3. The smallest absolute Gasteiger partial charge is 0.246 e. The van der Waals surface area contributed by atoms with Gasteiger partial charge in [-0.2, -0.15) is 4.98 Å². The summed E-state index contributed by atoms with van der Waals surface area (Å²) in [5.74, 6) is 0.175. The summed E-state index contributed by atoms with van der Waals surface area (Å²) in [5.41, 5.74) is 6.66. The average Bonchev–Trinajstić information content (AvgIpc) is 2.99. The number of hydrogen-bond acceptors (Lipinski definition) is 8. The zero-order valence-electron chi connectivity index (χ0n) is 11.5. The third-order valence-electron chi connectivity index (χ3n) is 3.36. The van der Waals surface area contributed by atoms with Crippen LogP contribution in [0.15, 0.2) is 6.33 Å². The van der Waals surface area contributed by atoms with E-state index < -0.39 is 22.6 Å². The minimum absolute atomic E-state index is 0.0106. The fourth-order valence-electron chi connectivity index (χ4n) is 2.36. The fourth-order valence-corrected chi connectivity index (χ4v) is 3.60. The van der Waals surface area contributed by atoms with Crippen LogP contribution in [0.2, 0.25) is 0 Å². The third kappa shape index (κ3) is 3.90. The number of nitrogens with one attached hydrogen (secondary N) is 1. The number of nitrogens with two attached hydrogens (primary N) is 1. The van der Waals surface area contributed by atoms with Crippen LogP contribution in [0.3, 0.4) is 0 Å². The quantitative estimate of drug-likeness (QED) is 0.286. The van der Waals surface area contributed by atoms with Gasteiger partial charge in [0.15, 0.2) is 5.65 Å². The summed E-state index contributed by atoms with van der Waals surface area (Å²) in [7, 11) is 0. The van der Waals surface area contributed by atoms with E-state index in [-0.39, 0.29) is 12.6 Å². The lowest BCUT2D eigenvalue weighted by atomic mass is 10.2. The molecular weight excluding hydrogens is 476 g/mol. The van der Waals surface area contributed by atoms with Gasteiger partial charge in [0.2, 0.25) is 10.1 Å². The van der Waals surface area contributed by atoms with E-state index in [1.807, 2.05) is 0 Å². The average molecular weight is 489 g/mol. The number of rotatable bonds is 4. The van der Waals surface area contributed by atoms with Crippen LogP contribution in [0.4, 0.5) is 5.95 Å². The van der Waals surface area contributed by atoms with Crippen molar-refractivity contribution in [2.24, 2.45) is 0 Å². The Hall–Kier alpha value is -0.210. The molecule has 0 radical (unpaired) electrons. The molecule has 9 nitrogen and oxygen atoms in total. The van der Waals surface area contributed by atoms with Crippen LogP contribution in [0.1, 0.15) is 12.6 Å². The number of halogens is 1. The van der Waals surface area contributed by atoms with Crippen molar-refractivity contribution in [1.82, 2.24) is 19.5 Å². The number of ether oxygens (including phenoxy) is 1. The highest BCUT2D eigenvalue weighted by atomic mass is 127. The Labute approximate surface area is 153 Å². The van der Waals surface area contributed by atoms with Crippen LogP contribution >= 0.6 is 38.4 Å². The summed E-state index contributed by atoms with van der Waals surface area (Å²) in [5, 5.41) is 10.1. The number of aliphatic hydroxyl groups is 1. The van der Waals surface area contributed by atoms with Crippen molar-refractivity contribution in [3.05, 3.63) is 11.0 Å². The SMILES string of the molecule is Nc1nc2c(ncn2[C@H]2C[C@@H](O)[C@@H](COP(O)(=S)I)O2)c(=S)[nH]1. The first-order valence-electron chi connectivity index (χ1n) is 6.47. The lowest BCUT2D eigenvalue weighted by molar-refractivity contribution is -0.0372. The van der Waals surface area contributed by atoms with Gasteiger partial charge in [-0.15, -0.1) is 0 Å². The maximum Gasteiger partial charge on any atom is 0.246 e. The van der Waals surface area contributed by atoms with E-state index in [1.54, 1.807) is 26.6 Å². The van der Waals surface area contributed by atoms with E-state index in [4.69, 9.17) is 39.0 Å². The number of H-pyrrole nitrogens is 1. The van der Waals surface area contributed by atoms with E-state index >= 15 is 0 Å². The Bertz CT molecular complexity index is 838. The number of aliphatic hydroxyl groups excluding tert-OH is 1. The second kappa shape index (κ2) is 6.59. The van der Waals surface area contributed by atoms with Crippen molar-refractivity contribution < 1.29 is 19.3 Å². The minimum Gasteiger partial charge on any atom is -0.390 e. The van der Waals surface area contributed by atoms with Crippen LogP contribution in [-0.2, 0) is 21.1 Å².